The molecule has 5 heteroatoms. The third-order valence-electron chi connectivity index (χ3n) is 2.04. The van der Waals surface area contributed by atoms with Crippen molar-refractivity contribution < 1.29 is 14.7 Å². The van der Waals surface area contributed by atoms with E-state index in [1.807, 2.05) is 12.1 Å². The summed E-state index contributed by atoms with van der Waals surface area (Å²) in [5, 5.41) is 8.74. The lowest BCUT2D eigenvalue weighted by atomic mass is 10.1. The van der Waals surface area contributed by atoms with E-state index in [2.05, 4.69) is 21.4 Å². The zero-order valence-electron chi connectivity index (χ0n) is 8.71. The van der Waals surface area contributed by atoms with Crippen LogP contribution in [-0.4, -0.2) is 19.4 Å². The molecule has 84 valence electrons. The highest BCUT2D eigenvalue weighted by molar-refractivity contribution is 9.10. The minimum atomic E-state index is 0.329. The van der Waals surface area contributed by atoms with Gasteiger partial charge in [0.25, 0.3) is 0 Å². The van der Waals surface area contributed by atoms with Crippen molar-refractivity contribution in [1.29, 1.82) is 0 Å². The van der Waals surface area contributed by atoms with Gasteiger partial charge in [0, 0.05) is 23.7 Å². The molecule has 0 fully saturated rings. The second kappa shape index (κ2) is 6.07. The van der Waals surface area contributed by atoms with Gasteiger partial charge in [-0.3, -0.25) is 0 Å². The standard InChI is InChI=1S/C10H14BrNO3/c1-14-6-7-3-8(11)4-10(15-2)9(7)5-12-13/h3-4,12-13H,5-6H2,1-2H3. The maximum atomic E-state index is 8.74. The SMILES string of the molecule is COCc1cc(Br)cc(OC)c1CNO. The molecule has 1 aromatic rings. The van der Waals surface area contributed by atoms with E-state index in [-0.39, 0.29) is 0 Å². The van der Waals surface area contributed by atoms with Gasteiger partial charge in [-0.2, -0.15) is 0 Å². The Morgan fingerprint density at radius 3 is 2.67 bits per heavy atom. The van der Waals surface area contributed by atoms with Crippen LogP contribution >= 0.6 is 15.9 Å². The first kappa shape index (κ1) is 12.4. The summed E-state index contributed by atoms with van der Waals surface area (Å²) in [6, 6.07) is 3.80. The van der Waals surface area contributed by atoms with Crippen LogP contribution in [0.2, 0.25) is 0 Å². The molecule has 0 aliphatic carbocycles. The van der Waals surface area contributed by atoms with Gasteiger partial charge in [0.2, 0.25) is 0 Å². The summed E-state index contributed by atoms with van der Waals surface area (Å²) in [6.07, 6.45) is 0. The Bertz CT molecular complexity index is 331. The van der Waals surface area contributed by atoms with Gasteiger partial charge in [-0.25, -0.2) is 5.48 Å². The van der Waals surface area contributed by atoms with Gasteiger partial charge in [0.05, 0.1) is 13.7 Å². The maximum Gasteiger partial charge on any atom is 0.124 e. The number of benzene rings is 1. The highest BCUT2D eigenvalue weighted by atomic mass is 79.9. The molecule has 0 saturated heterocycles. The molecular formula is C10H14BrNO3. The third-order valence-corrected chi connectivity index (χ3v) is 2.50. The van der Waals surface area contributed by atoms with Crippen LogP contribution in [0.25, 0.3) is 0 Å². The van der Waals surface area contributed by atoms with Gasteiger partial charge in [-0.05, 0) is 17.7 Å². The van der Waals surface area contributed by atoms with Crippen molar-refractivity contribution in [3.8, 4) is 5.75 Å². The summed E-state index contributed by atoms with van der Waals surface area (Å²) >= 11 is 3.39. The van der Waals surface area contributed by atoms with Crippen molar-refractivity contribution in [2.75, 3.05) is 14.2 Å². The van der Waals surface area contributed by atoms with E-state index in [9.17, 15) is 0 Å². The van der Waals surface area contributed by atoms with Crippen molar-refractivity contribution >= 4 is 15.9 Å². The summed E-state index contributed by atoms with van der Waals surface area (Å²) in [7, 11) is 3.22. The zero-order chi connectivity index (χ0) is 11.3. The Hall–Kier alpha value is -0.620. The van der Waals surface area contributed by atoms with Gasteiger partial charge in [-0.15, -0.1) is 0 Å². The minimum absolute atomic E-state index is 0.329. The van der Waals surface area contributed by atoms with Crippen molar-refractivity contribution in [3.05, 3.63) is 27.7 Å². The van der Waals surface area contributed by atoms with Gasteiger partial charge in [0.15, 0.2) is 0 Å². The molecule has 1 aromatic carbocycles. The average molecular weight is 276 g/mol. The van der Waals surface area contributed by atoms with Gasteiger partial charge in [0.1, 0.15) is 5.75 Å². The summed E-state index contributed by atoms with van der Waals surface area (Å²) in [6.45, 7) is 0.807. The highest BCUT2D eigenvalue weighted by Gasteiger charge is 2.10. The lowest BCUT2D eigenvalue weighted by Gasteiger charge is -2.13. The number of nitrogens with one attached hydrogen (secondary N) is 1. The van der Waals surface area contributed by atoms with Gasteiger partial charge >= 0.3 is 0 Å². The van der Waals surface area contributed by atoms with E-state index in [4.69, 9.17) is 14.7 Å². The van der Waals surface area contributed by atoms with E-state index in [1.54, 1.807) is 14.2 Å². The zero-order valence-corrected chi connectivity index (χ0v) is 10.3. The maximum absolute atomic E-state index is 8.74. The number of hydrogen-bond acceptors (Lipinski definition) is 4. The van der Waals surface area contributed by atoms with Crippen LogP contribution < -0.4 is 10.2 Å². The smallest absolute Gasteiger partial charge is 0.124 e. The molecule has 0 saturated carbocycles. The summed E-state index contributed by atoms with van der Waals surface area (Å²) in [5.74, 6) is 0.720. The fourth-order valence-corrected chi connectivity index (χ4v) is 1.90. The van der Waals surface area contributed by atoms with Crippen LogP contribution in [0, 0.1) is 0 Å². The van der Waals surface area contributed by atoms with Crippen molar-refractivity contribution in [2.24, 2.45) is 0 Å². The fraction of sp³-hybridized carbons (Fsp3) is 0.400. The molecule has 0 atom stereocenters. The fourth-order valence-electron chi connectivity index (χ4n) is 1.41. The number of hydroxylamine groups is 1. The van der Waals surface area contributed by atoms with Crippen LogP contribution in [0.5, 0.6) is 5.75 Å². The monoisotopic (exact) mass is 275 g/mol. The molecule has 15 heavy (non-hydrogen) atoms. The van der Waals surface area contributed by atoms with Crippen molar-refractivity contribution in [3.63, 3.8) is 0 Å². The van der Waals surface area contributed by atoms with E-state index >= 15 is 0 Å². The molecule has 0 aliphatic heterocycles. The first-order valence-corrected chi connectivity index (χ1v) is 5.23. The summed E-state index contributed by atoms with van der Waals surface area (Å²) in [4.78, 5) is 0. The molecule has 0 aliphatic rings. The molecule has 0 radical (unpaired) electrons. The molecular weight excluding hydrogens is 262 g/mol. The van der Waals surface area contributed by atoms with Crippen LogP contribution in [0.1, 0.15) is 11.1 Å². The Kier molecular flexibility index (Phi) is 5.04. The molecule has 0 aromatic heterocycles. The summed E-state index contributed by atoms with van der Waals surface area (Å²) in [5.41, 5.74) is 4.00. The van der Waals surface area contributed by atoms with Gasteiger partial charge < -0.3 is 14.7 Å². The Balaban J connectivity index is 3.14. The average Bonchev–Trinajstić information content (AvgIpc) is 2.22. The Labute approximate surface area is 97.3 Å². The third kappa shape index (κ3) is 3.17. The van der Waals surface area contributed by atoms with E-state index in [1.165, 1.54) is 0 Å². The molecule has 0 unspecified atom stereocenters. The molecule has 0 bridgehead atoms. The topological polar surface area (TPSA) is 50.7 Å². The van der Waals surface area contributed by atoms with Crippen LogP contribution in [0.15, 0.2) is 16.6 Å². The highest BCUT2D eigenvalue weighted by Crippen LogP contribution is 2.28. The molecule has 0 spiro atoms. The summed E-state index contributed by atoms with van der Waals surface area (Å²) < 4.78 is 11.2. The number of methoxy groups -OCH3 is 2. The second-order valence-corrected chi connectivity index (χ2v) is 3.93. The number of hydrogen-bond donors (Lipinski definition) is 2. The molecule has 4 nitrogen and oxygen atoms in total. The van der Waals surface area contributed by atoms with Crippen molar-refractivity contribution in [1.82, 2.24) is 5.48 Å². The predicted octanol–water partition coefficient (Wildman–Crippen LogP) is 2.08. The second-order valence-electron chi connectivity index (χ2n) is 3.01. The van der Waals surface area contributed by atoms with E-state index in [0.717, 1.165) is 21.3 Å². The lowest BCUT2D eigenvalue weighted by Crippen LogP contribution is -2.10. The first-order valence-electron chi connectivity index (χ1n) is 4.44. The molecule has 0 heterocycles. The quantitative estimate of drug-likeness (QED) is 0.808. The lowest BCUT2D eigenvalue weighted by molar-refractivity contribution is 0.156. The normalized spacial score (nSPS) is 10.4. The van der Waals surface area contributed by atoms with Crippen LogP contribution in [0.4, 0.5) is 0 Å². The van der Waals surface area contributed by atoms with Crippen LogP contribution in [-0.2, 0) is 17.9 Å². The van der Waals surface area contributed by atoms with Crippen molar-refractivity contribution in [2.45, 2.75) is 13.2 Å². The minimum Gasteiger partial charge on any atom is -0.496 e. The Morgan fingerprint density at radius 1 is 1.40 bits per heavy atom. The molecule has 1 rings (SSSR count). The predicted molar refractivity (Wildman–Crippen MR) is 60.0 cm³/mol. The molecule has 0 amide bonds. The van der Waals surface area contributed by atoms with E-state index in [0.29, 0.717) is 13.2 Å². The van der Waals surface area contributed by atoms with Crippen LogP contribution in [0.3, 0.4) is 0 Å². The largest absolute Gasteiger partial charge is 0.496 e. The van der Waals surface area contributed by atoms with E-state index < -0.39 is 0 Å². The Morgan fingerprint density at radius 2 is 2.13 bits per heavy atom. The first-order chi connectivity index (χ1) is 7.22. The number of halogens is 1. The number of rotatable bonds is 5. The van der Waals surface area contributed by atoms with Gasteiger partial charge in [-0.1, -0.05) is 15.9 Å². The molecule has 2 N–H and O–H groups in total. The number of ether oxygens (including phenoxy) is 2.